The molecule has 0 spiro atoms. The summed E-state index contributed by atoms with van der Waals surface area (Å²) in [4.78, 5) is 23.9. The predicted octanol–water partition coefficient (Wildman–Crippen LogP) is 3.99. The third kappa shape index (κ3) is 5.77. The minimum atomic E-state index is -0.616. The number of nitrogens with one attached hydrogen (secondary N) is 1. The molecule has 6 nitrogen and oxygen atoms in total. The summed E-state index contributed by atoms with van der Waals surface area (Å²) in [5, 5.41) is 2.71. The number of hydrogen-bond acceptors (Lipinski definition) is 5. The summed E-state index contributed by atoms with van der Waals surface area (Å²) in [6, 6.07) is 14.1. The first-order valence-corrected chi connectivity index (χ1v) is 8.70. The molecule has 1 unspecified atom stereocenters. The van der Waals surface area contributed by atoms with Crippen molar-refractivity contribution < 1.29 is 23.8 Å². The molecule has 7 heteroatoms. The molecule has 0 radical (unpaired) electrons. The maximum Gasteiger partial charge on any atom is 0.407 e. The van der Waals surface area contributed by atoms with Gasteiger partial charge in [-0.05, 0) is 39.2 Å². The van der Waals surface area contributed by atoms with Crippen molar-refractivity contribution in [3.63, 3.8) is 0 Å². The Morgan fingerprint density at radius 1 is 1.12 bits per heavy atom. The number of hydrogen-bond donors (Lipinski definition) is 1. The SMILES string of the molecule is COC(=O)CC(NC(=O)OCc1ccccc1)c1ccc(OC)c(Br)c1. The molecule has 2 aromatic rings. The molecule has 0 fully saturated rings. The highest BCUT2D eigenvalue weighted by molar-refractivity contribution is 9.10. The first-order valence-electron chi connectivity index (χ1n) is 7.91. The van der Waals surface area contributed by atoms with Gasteiger partial charge in [0, 0.05) is 0 Å². The minimum absolute atomic E-state index is 0.0181. The maximum absolute atomic E-state index is 12.2. The number of rotatable bonds is 7. The Balaban J connectivity index is 2.07. The lowest BCUT2D eigenvalue weighted by Gasteiger charge is -2.19. The quantitative estimate of drug-likeness (QED) is 0.684. The van der Waals surface area contributed by atoms with E-state index in [0.717, 1.165) is 11.1 Å². The van der Waals surface area contributed by atoms with E-state index < -0.39 is 18.1 Å². The van der Waals surface area contributed by atoms with Crippen molar-refractivity contribution in [3.8, 4) is 5.75 Å². The normalized spacial score (nSPS) is 11.3. The number of alkyl carbamates (subject to hydrolysis) is 1. The Hall–Kier alpha value is -2.54. The van der Waals surface area contributed by atoms with Crippen LogP contribution in [0.1, 0.15) is 23.6 Å². The number of amides is 1. The van der Waals surface area contributed by atoms with E-state index in [1.807, 2.05) is 30.3 Å². The van der Waals surface area contributed by atoms with Crippen LogP contribution >= 0.6 is 15.9 Å². The molecule has 0 aliphatic heterocycles. The molecule has 2 aromatic carbocycles. The van der Waals surface area contributed by atoms with Gasteiger partial charge in [0.05, 0.1) is 31.2 Å². The highest BCUT2D eigenvalue weighted by Crippen LogP contribution is 2.29. The minimum Gasteiger partial charge on any atom is -0.496 e. The fraction of sp³-hybridized carbons (Fsp3) is 0.263. The third-order valence-electron chi connectivity index (χ3n) is 3.68. The van der Waals surface area contributed by atoms with Gasteiger partial charge in [-0.25, -0.2) is 4.79 Å². The average Bonchev–Trinajstić information content (AvgIpc) is 2.66. The number of carbonyl (C=O) groups is 2. The first kappa shape index (κ1) is 19.8. The summed E-state index contributed by atoms with van der Waals surface area (Å²) in [6.07, 6.45) is -0.634. The molecule has 0 heterocycles. The zero-order valence-corrected chi connectivity index (χ0v) is 16.1. The van der Waals surface area contributed by atoms with Gasteiger partial charge in [-0.2, -0.15) is 0 Å². The van der Waals surface area contributed by atoms with E-state index in [0.29, 0.717) is 10.2 Å². The van der Waals surface area contributed by atoms with Crippen LogP contribution in [0.5, 0.6) is 5.75 Å². The summed E-state index contributed by atoms with van der Waals surface area (Å²) >= 11 is 3.40. The lowest BCUT2D eigenvalue weighted by molar-refractivity contribution is -0.141. The highest BCUT2D eigenvalue weighted by Gasteiger charge is 2.20. The van der Waals surface area contributed by atoms with Crippen LogP contribution in [0.3, 0.4) is 0 Å². The summed E-state index contributed by atoms with van der Waals surface area (Å²) < 4.78 is 15.9. The summed E-state index contributed by atoms with van der Waals surface area (Å²) in [5.41, 5.74) is 1.60. The lowest BCUT2D eigenvalue weighted by Crippen LogP contribution is -2.31. The second kappa shape index (κ2) is 9.82. The summed E-state index contributed by atoms with van der Waals surface area (Å²) in [5.74, 6) is 0.211. The van der Waals surface area contributed by atoms with Crippen LogP contribution in [-0.4, -0.2) is 26.3 Å². The molecule has 0 aliphatic rings. The van der Waals surface area contributed by atoms with Gasteiger partial charge in [-0.3, -0.25) is 4.79 Å². The molecule has 138 valence electrons. The Bertz CT molecular complexity index is 751. The van der Waals surface area contributed by atoms with Crippen LogP contribution in [0.2, 0.25) is 0 Å². The lowest BCUT2D eigenvalue weighted by atomic mass is 10.0. The highest BCUT2D eigenvalue weighted by atomic mass is 79.9. The number of ether oxygens (including phenoxy) is 3. The second-order valence-electron chi connectivity index (χ2n) is 5.43. The number of esters is 1. The number of carbonyl (C=O) groups excluding carboxylic acids is 2. The molecule has 2 rings (SSSR count). The molecular weight excluding hydrogens is 402 g/mol. The second-order valence-corrected chi connectivity index (χ2v) is 6.29. The zero-order valence-electron chi connectivity index (χ0n) is 14.5. The molecule has 1 atom stereocenters. The maximum atomic E-state index is 12.2. The molecule has 0 bridgehead atoms. The summed E-state index contributed by atoms with van der Waals surface area (Å²) in [6.45, 7) is 0.143. The van der Waals surface area contributed by atoms with Crippen LogP contribution in [0.15, 0.2) is 53.0 Å². The largest absolute Gasteiger partial charge is 0.496 e. The van der Waals surface area contributed by atoms with Crippen molar-refractivity contribution in [3.05, 3.63) is 64.1 Å². The molecule has 1 amide bonds. The van der Waals surface area contributed by atoms with Gasteiger partial charge in [0.1, 0.15) is 12.4 Å². The van der Waals surface area contributed by atoms with Crippen LogP contribution in [0.25, 0.3) is 0 Å². The standard InChI is InChI=1S/C19H20BrNO5/c1-24-17-9-8-14(10-15(17)20)16(11-18(22)25-2)21-19(23)26-12-13-6-4-3-5-7-13/h3-10,16H,11-12H2,1-2H3,(H,21,23). The van der Waals surface area contributed by atoms with E-state index in [-0.39, 0.29) is 13.0 Å². The predicted molar refractivity (Wildman–Crippen MR) is 99.8 cm³/mol. The Morgan fingerprint density at radius 3 is 2.46 bits per heavy atom. The van der Waals surface area contributed by atoms with Crippen molar-refractivity contribution in [1.82, 2.24) is 5.32 Å². The zero-order chi connectivity index (χ0) is 18.9. The van der Waals surface area contributed by atoms with E-state index in [4.69, 9.17) is 14.2 Å². The van der Waals surface area contributed by atoms with E-state index in [9.17, 15) is 9.59 Å². The van der Waals surface area contributed by atoms with Crippen LogP contribution < -0.4 is 10.1 Å². The van der Waals surface area contributed by atoms with Crippen molar-refractivity contribution in [2.24, 2.45) is 0 Å². The van der Waals surface area contributed by atoms with Gasteiger partial charge in [-0.1, -0.05) is 36.4 Å². The van der Waals surface area contributed by atoms with Crippen molar-refractivity contribution >= 4 is 28.0 Å². The van der Waals surface area contributed by atoms with Crippen molar-refractivity contribution in [2.75, 3.05) is 14.2 Å². The molecule has 26 heavy (non-hydrogen) atoms. The van der Waals surface area contributed by atoms with E-state index in [1.54, 1.807) is 25.3 Å². The van der Waals surface area contributed by atoms with Gasteiger partial charge in [0.15, 0.2) is 0 Å². The fourth-order valence-electron chi connectivity index (χ4n) is 2.31. The number of methoxy groups -OCH3 is 2. The van der Waals surface area contributed by atoms with Crippen molar-refractivity contribution in [1.29, 1.82) is 0 Å². The van der Waals surface area contributed by atoms with E-state index in [1.165, 1.54) is 7.11 Å². The number of halogens is 1. The molecular formula is C19H20BrNO5. The molecule has 0 aliphatic carbocycles. The molecule has 1 N–H and O–H groups in total. The Labute approximate surface area is 160 Å². The van der Waals surface area contributed by atoms with E-state index >= 15 is 0 Å². The van der Waals surface area contributed by atoms with Crippen molar-refractivity contribution in [2.45, 2.75) is 19.1 Å². The van der Waals surface area contributed by atoms with Crippen LogP contribution in [0, 0.1) is 0 Å². The van der Waals surface area contributed by atoms with Gasteiger partial charge in [-0.15, -0.1) is 0 Å². The summed E-state index contributed by atoms with van der Waals surface area (Å²) in [7, 11) is 2.86. The van der Waals surface area contributed by atoms with E-state index in [2.05, 4.69) is 21.2 Å². The molecule has 0 saturated heterocycles. The molecule has 0 saturated carbocycles. The van der Waals surface area contributed by atoms with Gasteiger partial charge < -0.3 is 19.5 Å². The van der Waals surface area contributed by atoms with Crippen LogP contribution in [-0.2, 0) is 20.9 Å². The monoisotopic (exact) mass is 421 g/mol. The van der Waals surface area contributed by atoms with Gasteiger partial charge in [0.2, 0.25) is 0 Å². The first-order chi connectivity index (χ1) is 12.5. The topological polar surface area (TPSA) is 73.9 Å². The van der Waals surface area contributed by atoms with Gasteiger partial charge >= 0.3 is 12.1 Å². The Morgan fingerprint density at radius 2 is 1.85 bits per heavy atom. The number of benzene rings is 2. The average molecular weight is 422 g/mol. The Kier molecular flexibility index (Phi) is 7.47. The van der Waals surface area contributed by atoms with Gasteiger partial charge in [0.25, 0.3) is 0 Å². The molecule has 0 aromatic heterocycles. The third-order valence-corrected chi connectivity index (χ3v) is 4.30. The van der Waals surface area contributed by atoms with Crippen LogP contribution in [0.4, 0.5) is 4.79 Å². The smallest absolute Gasteiger partial charge is 0.407 e. The fourth-order valence-corrected chi connectivity index (χ4v) is 2.87.